The molecule has 2 heterocycles. The first-order valence-corrected chi connectivity index (χ1v) is 7.75. The van der Waals surface area contributed by atoms with E-state index in [1.807, 2.05) is 6.07 Å². The van der Waals surface area contributed by atoms with Gasteiger partial charge in [0.2, 0.25) is 0 Å². The standard InChI is InChI=1S/C16H12N2O5S/c19-14(20)8-23-11-4-1-3-10(7-11)12-9-24-16(17-12)18-15(21)13-5-2-6-22-13/h1-7,9H,8H2,(H,19,20)(H,17,18,21). The summed E-state index contributed by atoms with van der Waals surface area (Å²) in [6.07, 6.45) is 1.42. The SMILES string of the molecule is O=C(O)COc1cccc(-c2csc(NC(=O)c3ccco3)n2)c1. The number of furan rings is 1. The van der Waals surface area contributed by atoms with Crippen LogP contribution < -0.4 is 10.1 Å². The average molecular weight is 344 g/mol. The summed E-state index contributed by atoms with van der Waals surface area (Å²) in [5.74, 6) is -0.781. The van der Waals surface area contributed by atoms with Crippen LogP contribution in [0, 0.1) is 0 Å². The van der Waals surface area contributed by atoms with E-state index in [1.165, 1.54) is 17.6 Å². The van der Waals surface area contributed by atoms with Gasteiger partial charge in [0.15, 0.2) is 17.5 Å². The van der Waals surface area contributed by atoms with Crippen molar-refractivity contribution in [3.05, 3.63) is 53.8 Å². The number of amides is 1. The Hall–Kier alpha value is -3.13. The minimum atomic E-state index is -1.04. The van der Waals surface area contributed by atoms with E-state index in [0.717, 1.165) is 5.56 Å². The number of hydrogen-bond donors (Lipinski definition) is 2. The third-order valence-corrected chi connectivity index (χ3v) is 3.72. The fourth-order valence-electron chi connectivity index (χ4n) is 1.92. The Bertz CT molecular complexity index is 857. The van der Waals surface area contributed by atoms with E-state index < -0.39 is 12.6 Å². The number of nitrogens with zero attached hydrogens (tertiary/aromatic N) is 1. The van der Waals surface area contributed by atoms with Gasteiger partial charge in [-0.1, -0.05) is 12.1 Å². The molecule has 0 saturated heterocycles. The second kappa shape index (κ2) is 6.97. The molecule has 7 nitrogen and oxygen atoms in total. The van der Waals surface area contributed by atoms with Gasteiger partial charge < -0.3 is 14.3 Å². The van der Waals surface area contributed by atoms with Gasteiger partial charge in [-0.25, -0.2) is 9.78 Å². The number of carbonyl (C=O) groups excluding carboxylic acids is 1. The summed E-state index contributed by atoms with van der Waals surface area (Å²) in [7, 11) is 0. The summed E-state index contributed by atoms with van der Waals surface area (Å²) >= 11 is 1.27. The Kier molecular flexibility index (Phi) is 4.57. The molecule has 0 unspecified atom stereocenters. The van der Waals surface area contributed by atoms with Crippen molar-refractivity contribution in [1.29, 1.82) is 0 Å². The van der Waals surface area contributed by atoms with Crippen LogP contribution in [0.2, 0.25) is 0 Å². The zero-order valence-electron chi connectivity index (χ0n) is 12.3. The quantitative estimate of drug-likeness (QED) is 0.712. The maximum atomic E-state index is 11.9. The van der Waals surface area contributed by atoms with Crippen molar-refractivity contribution in [2.24, 2.45) is 0 Å². The Morgan fingerprint density at radius 3 is 2.92 bits per heavy atom. The molecule has 0 radical (unpaired) electrons. The van der Waals surface area contributed by atoms with Crippen LogP contribution in [0.3, 0.4) is 0 Å². The molecular formula is C16H12N2O5S. The number of hydrogen-bond acceptors (Lipinski definition) is 6. The molecule has 0 aliphatic rings. The highest BCUT2D eigenvalue weighted by Gasteiger charge is 2.12. The number of carboxylic acids is 1. The Balaban J connectivity index is 1.72. The van der Waals surface area contributed by atoms with Crippen LogP contribution in [0.4, 0.5) is 5.13 Å². The normalized spacial score (nSPS) is 10.3. The van der Waals surface area contributed by atoms with E-state index in [0.29, 0.717) is 16.6 Å². The lowest BCUT2D eigenvalue weighted by atomic mass is 10.2. The van der Waals surface area contributed by atoms with Gasteiger partial charge in [0.25, 0.3) is 5.91 Å². The van der Waals surface area contributed by atoms with E-state index in [9.17, 15) is 9.59 Å². The fourth-order valence-corrected chi connectivity index (χ4v) is 2.64. The summed E-state index contributed by atoms with van der Waals surface area (Å²) in [6, 6.07) is 10.1. The number of nitrogens with one attached hydrogen (secondary N) is 1. The highest BCUT2D eigenvalue weighted by Crippen LogP contribution is 2.27. The van der Waals surface area contributed by atoms with Crippen molar-refractivity contribution in [2.45, 2.75) is 0 Å². The van der Waals surface area contributed by atoms with E-state index >= 15 is 0 Å². The summed E-state index contributed by atoms with van der Waals surface area (Å²) < 4.78 is 10.2. The topological polar surface area (TPSA) is 102 Å². The van der Waals surface area contributed by atoms with Gasteiger partial charge in [-0.05, 0) is 24.3 Å². The van der Waals surface area contributed by atoms with Gasteiger partial charge in [-0.15, -0.1) is 11.3 Å². The van der Waals surface area contributed by atoms with Crippen LogP contribution in [0.1, 0.15) is 10.6 Å². The van der Waals surface area contributed by atoms with Gasteiger partial charge in [-0.3, -0.25) is 10.1 Å². The molecule has 8 heteroatoms. The Morgan fingerprint density at radius 2 is 2.17 bits per heavy atom. The molecule has 2 N–H and O–H groups in total. The molecule has 24 heavy (non-hydrogen) atoms. The lowest BCUT2D eigenvalue weighted by Gasteiger charge is -2.04. The predicted octanol–water partition coefficient (Wildman–Crippen LogP) is 3.12. The molecule has 0 bridgehead atoms. The summed E-state index contributed by atoms with van der Waals surface area (Å²) in [6.45, 7) is -0.412. The van der Waals surface area contributed by atoms with Crippen LogP contribution in [-0.4, -0.2) is 28.6 Å². The van der Waals surface area contributed by atoms with Gasteiger partial charge in [0, 0.05) is 10.9 Å². The Morgan fingerprint density at radius 1 is 1.29 bits per heavy atom. The second-order valence-electron chi connectivity index (χ2n) is 4.68. The van der Waals surface area contributed by atoms with Gasteiger partial charge in [0.1, 0.15) is 5.75 Å². The minimum Gasteiger partial charge on any atom is -0.482 e. The van der Waals surface area contributed by atoms with Crippen LogP contribution in [-0.2, 0) is 4.79 Å². The number of carbonyl (C=O) groups is 2. The monoisotopic (exact) mass is 344 g/mol. The van der Waals surface area contributed by atoms with Crippen LogP contribution in [0.5, 0.6) is 5.75 Å². The summed E-state index contributed by atoms with van der Waals surface area (Å²) in [5.41, 5.74) is 1.41. The maximum Gasteiger partial charge on any atom is 0.341 e. The Labute approximate surface area is 140 Å². The van der Waals surface area contributed by atoms with Gasteiger partial charge in [0.05, 0.1) is 12.0 Å². The molecule has 0 fully saturated rings. The number of aliphatic carboxylic acids is 1. The fraction of sp³-hybridized carbons (Fsp3) is 0.0625. The highest BCUT2D eigenvalue weighted by molar-refractivity contribution is 7.14. The zero-order valence-corrected chi connectivity index (χ0v) is 13.1. The van der Waals surface area contributed by atoms with E-state index in [4.69, 9.17) is 14.3 Å². The predicted molar refractivity (Wildman–Crippen MR) is 87.3 cm³/mol. The summed E-state index contributed by atoms with van der Waals surface area (Å²) in [5, 5.41) is 13.5. The van der Waals surface area contributed by atoms with Crippen LogP contribution in [0.15, 0.2) is 52.5 Å². The molecule has 3 aromatic rings. The molecular weight excluding hydrogens is 332 g/mol. The van der Waals surface area contributed by atoms with E-state index in [2.05, 4.69) is 10.3 Å². The average Bonchev–Trinajstić information content (AvgIpc) is 3.25. The van der Waals surface area contributed by atoms with Crippen molar-refractivity contribution >= 4 is 28.3 Å². The van der Waals surface area contributed by atoms with Crippen molar-refractivity contribution < 1.29 is 23.8 Å². The number of benzene rings is 1. The molecule has 3 rings (SSSR count). The van der Waals surface area contributed by atoms with Crippen molar-refractivity contribution in [1.82, 2.24) is 4.98 Å². The second-order valence-corrected chi connectivity index (χ2v) is 5.54. The molecule has 0 aliphatic heterocycles. The molecule has 0 spiro atoms. The van der Waals surface area contributed by atoms with Crippen molar-refractivity contribution in [3.8, 4) is 17.0 Å². The maximum absolute atomic E-state index is 11.9. The minimum absolute atomic E-state index is 0.204. The number of thiazole rings is 1. The number of aromatic nitrogens is 1. The largest absolute Gasteiger partial charge is 0.482 e. The molecule has 1 aromatic carbocycles. The third kappa shape index (κ3) is 3.79. The molecule has 122 valence electrons. The van der Waals surface area contributed by atoms with Gasteiger partial charge in [-0.2, -0.15) is 0 Å². The number of carboxylic acid groups (broad SMARTS) is 1. The lowest BCUT2D eigenvalue weighted by molar-refractivity contribution is -0.139. The third-order valence-electron chi connectivity index (χ3n) is 2.96. The summed E-state index contributed by atoms with van der Waals surface area (Å²) in [4.78, 5) is 26.8. The highest BCUT2D eigenvalue weighted by atomic mass is 32.1. The molecule has 0 saturated carbocycles. The smallest absolute Gasteiger partial charge is 0.341 e. The first-order chi connectivity index (χ1) is 11.6. The lowest BCUT2D eigenvalue weighted by Crippen LogP contribution is -2.10. The van der Waals surface area contributed by atoms with Crippen LogP contribution >= 0.6 is 11.3 Å². The molecule has 1 amide bonds. The first-order valence-electron chi connectivity index (χ1n) is 6.87. The molecule has 0 atom stereocenters. The van der Waals surface area contributed by atoms with E-state index in [1.54, 1.807) is 35.7 Å². The molecule has 0 aliphatic carbocycles. The first kappa shape index (κ1) is 15.8. The number of anilines is 1. The van der Waals surface area contributed by atoms with Crippen molar-refractivity contribution in [3.63, 3.8) is 0 Å². The van der Waals surface area contributed by atoms with Crippen LogP contribution in [0.25, 0.3) is 11.3 Å². The van der Waals surface area contributed by atoms with Gasteiger partial charge >= 0.3 is 5.97 Å². The molecule has 2 aromatic heterocycles. The zero-order chi connectivity index (χ0) is 16.9. The van der Waals surface area contributed by atoms with E-state index in [-0.39, 0.29) is 11.7 Å². The number of rotatable bonds is 6. The van der Waals surface area contributed by atoms with Crippen molar-refractivity contribution in [2.75, 3.05) is 11.9 Å². The number of ether oxygens (including phenoxy) is 1.